The quantitative estimate of drug-likeness (QED) is 0.801. The van der Waals surface area contributed by atoms with Crippen LogP contribution in [0.25, 0.3) is 0 Å². The van der Waals surface area contributed by atoms with Gasteiger partial charge in [-0.3, -0.25) is 0 Å². The molecule has 0 atom stereocenters. The van der Waals surface area contributed by atoms with Crippen LogP contribution in [0.4, 0.5) is 0 Å². The largest absolute Gasteiger partial charge is 0.497 e. The summed E-state index contributed by atoms with van der Waals surface area (Å²) in [5.41, 5.74) is 1.08. The van der Waals surface area contributed by atoms with Gasteiger partial charge in [-0.05, 0) is 58.5 Å². The molecule has 0 radical (unpaired) electrons. The molecule has 2 aromatic carbocycles. The number of ether oxygens (including phenoxy) is 2. The van der Waals surface area contributed by atoms with E-state index < -0.39 is 5.97 Å². The molecule has 0 saturated heterocycles. The molecule has 0 aliphatic heterocycles. The molecule has 0 bridgehead atoms. The Bertz CT molecular complexity index is 625. The van der Waals surface area contributed by atoms with Crippen molar-refractivity contribution in [1.29, 1.82) is 0 Å². The number of aromatic carboxylic acids is 1. The molecule has 0 aliphatic carbocycles. The predicted molar refractivity (Wildman–Crippen MR) is 83.4 cm³/mol. The van der Waals surface area contributed by atoms with E-state index in [2.05, 4.69) is 22.6 Å². The van der Waals surface area contributed by atoms with E-state index in [9.17, 15) is 4.79 Å². The van der Waals surface area contributed by atoms with E-state index in [0.717, 1.165) is 14.9 Å². The van der Waals surface area contributed by atoms with Crippen molar-refractivity contribution in [2.24, 2.45) is 0 Å². The highest BCUT2D eigenvalue weighted by Crippen LogP contribution is 2.23. The second-order valence-corrected chi connectivity index (χ2v) is 5.33. The minimum atomic E-state index is -0.996. The molecule has 5 heteroatoms. The van der Waals surface area contributed by atoms with Gasteiger partial charge in [0.2, 0.25) is 0 Å². The maximum Gasteiger partial charge on any atom is 0.339 e. The zero-order chi connectivity index (χ0) is 14.5. The van der Waals surface area contributed by atoms with Crippen LogP contribution in [0.1, 0.15) is 15.9 Å². The van der Waals surface area contributed by atoms with Crippen molar-refractivity contribution in [3.05, 3.63) is 57.2 Å². The Kier molecular flexibility index (Phi) is 4.84. The average molecular weight is 384 g/mol. The molecule has 2 rings (SSSR count). The third-order valence-electron chi connectivity index (χ3n) is 2.70. The number of methoxy groups -OCH3 is 1. The fourth-order valence-electron chi connectivity index (χ4n) is 1.72. The first-order chi connectivity index (χ1) is 9.60. The van der Waals surface area contributed by atoms with Gasteiger partial charge in [0.1, 0.15) is 23.7 Å². The van der Waals surface area contributed by atoms with E-state index in [1.54, 1.807) is 19.2 Å². The first-order valence-corrected chi connectivity index (χ1v) is 6.96. The summed E-state index contributed by atoms with van der Waals surface area (Å²) in [4.78, 5) is 11.2. The topological polar surface area (TPSA) is 55.8 Å². The van der Waals surface area contributed by atoms with Gasteiger partial charge in [-0.1, -0.05) is 12.1 Å². The Hall–Kier alpha value is -1.76. The molecule has 0 amide bonds. The van der Waals surface area contributed by atoms with Gasteiger partial charge in [0.25, 0.3) is 0 Å². The van der Waals surface area contributed by atoms with Crippen molar-refractivity contribution >= 4 is 28.6 Å². The summed E-state index contributed by atoms with van der Waals surface area (Å²) in [6.07, 6.45) is 0. The Labute approximate surface area is 130 Å². The molecular formula is C15H13IO4. The molecule has 4 nitrogen and oxygen atoms in total. The Morgan fingerprint density at radius 3 is 2.75 bits per heavy atom. The molecule has 0 spiro atoms. The number of hydrogen-bond donors (Lipinski definition) is 1. The molecule has 0 fully saturated rings. The second-order valence-electron chi connectivity index (χ2n) is 4.09. The SMILES string of the molecule is COc1cccc(COc2ccc(I)cc2C(=O)O)c1. The Morgan fingerprint density at radius 2 is 2.05 bits per heavy atom. The van der Waals surface area contributed by atoms with Gasteiger partial charge in [0, 0.05) is 3.57 Å². The molecule has 0 saturated carbocycles. The highest BCUT2D eigenvalue weighted by molar-refractivity contribution is 14.1. The van der Waals surface area contributed by atoms with E-state index >= 15 is 0 Å². The van der Waals surface area contributed by atoms with Gasteiger partial charge < -0.3 is 14.6 Å². The summed E-state index contributed by atoms with van der Waals surface area (Å²) < 4.78 is 11.6. The maximum absolute atomic E-state index is 11.2. The van der Waals surface area contributed by atoms with Crippen molar-refractivity contribution in [2.45, 2.75) is 6.61 Å². The monoisotopic (exact) mass is 384 g/mol. The summed E-state index contributed by atoms with van der Waals surface area (Å²) in [6.45, 7) is 0.290. The summed E-state index contributed by atoms with van der Waals surface area (Å²) >= 11 is 2.07. The lowest BCUT2D eigenvalue weighted by Crippen LogP contribution is -2.04. The van der Waals surface area contributed by atoms with Crippen molar-refractivity contribution in [3.8, 4) is 11.5 Å². The molecule has 20 heavy (non-hydrogen) atoms. The number of rotatable bonds is 5. The van der Waals surface area contributed by atoms with E-state index in [1.807, 2.05) is 30.3 Å². The lowest BCUT2D eigenvalue weighted by Gasteiger charge is -2.10. The second kappa shape index (κ2) is 6.60. The molecule has 0 unspecified atom stereocenters. The van der Waals surface area contributed by atoms with Crippen molar-refractivity contribution < 1.29 is 19.4 Å². The Morgan fingerprint density at radius 1 is 1.25 bits per heavy atom. The standard InChI is InChI=1S/C15H13IO4/c1-19-12-4-2-3-10(7-12)9-20-14-6-5-11(16)8-13(14)15(17)18/h2-8H,9H2,1H3,(H,17,18). The Balaban J connectivity index is 2.16. The highest BCUT2D eigenvalue weighted by Gasteiger charge is 2.12. The van der Waals surface area contributed by atoms with E-state index in [1.165, 1.54) is 0 Å². The number of benzene rings is 2. The summed E-state index contributed by atoms with van der Waals surface area (Å²) in [6, 6.07) is 12.5. The van der Waals surface area contributed by atoms with Crippen LogP contribution in [-0.4, -0.2) is 18.2 Å². The molecular weight excluding hydrogens is 371 g/mol. The molecule has 0 aliphatic rings. The van der Waals surface area contributed by atoms with Crippen LogP contribution >= 0.6 is 22.6 Å². The normalized spacial score (nSPS) is 10.1. The third-order valence-corrected chi connectivity index (χ3v) is 3.37. The summed E-state index contributed by atoms with van der Waals surface area (Å²) in [5, 5.41) is 9.17. The maximum atomic E-state index is 11.2. The van der Waals surface area contributed by atoms with Gasteiger partial charge in [-0.25, -0.2) is 4.79 Å². The number of carboxylic acids is 1. The lowest BCUT2D eigenvalue weighted by molar-refractivity contribution is 0.0691. The first-order valence-electron chi connectivity index (χ1n) is 5.88. The molecule has 2 aromatic rings. The van der Waals surface area contributed by atoms with Crippen molar-refractivity contribution in [3.63, 3.8) is 0 Å². The van der Waals surface area contributed by atoms with Crippen molar-refractivity contribution in [1.82, 2.24) is 0 Å². The fourth-order valence-corrected chi connectivity index (χ4v) is 2.21. The predicted octanol–water partition coefficient (Wildman–Crippen LogP) is 3.58. The fraction of sp³-hybridized carbons (Fsp3) is 0.133. The van der Waals surface area contributed by atoms with Gasteiger partial charge in [0.05, 0.1) is 7.11 Å². The smallest absolute Gasteiger partial charge is 0.339 e. The van der Waals surface area contributed by atoms with Crippen LogP contribution < -0.4 is 9.47 Å². The van der Waals surface area contributed by atoms with E-state index in [4.69, 9.17) is 14.6 Å². The average Bonchev–Trinajstić information content (AvgIpc) is 2.46. The van der Waals surface area contributed by atoms with Crippen LogP contribution in [0.3, 0.4) is 0 Å². The zero-order valence-electron chi connectivity index (χ0n) is 10.8. The minimum Gasteiger partial charge on any atom is -0.497 e. The summed E-state index contributed by atoms with van der Waals surface area (Å²) in [7, 11) is 1.60. The zero-order valence-corrected chi connectivity index (χ0v) is 13.0. The van der Waals surface area contributed by atoms with Gasteiger partial charge in [0.15, 0.2) is 0 Å². The first kappa shape index (κ1) is 14.6. The third kappa shape index (κ3) is 3.63. The van der Waals surface area contributed by atoms with Crippen LogP contribution in [-0.2, 0) is 6.61 Å². The molecule has 104 valence electrons. The minimum absolute atomic E-state index is 0.166. The van der Waals surface area contributed by atoms with Crippen LogP contribution in [0.2, 0.25) is 0 Å². The number of carbonyl (C=O) groups is 1. The number of halogens is 1. The van der Waals surface area contributed by atoms with E-state index in [-0.39, 0.29) is 12.2 Å². The van der Waals surface area contributed by atoms with Gasteiger partial charge in [-0.2, -0.15) is 0 Å². The highest BCUT2D eigenvalue weighted by atomic mass is 127. The van der Waals surface area contributed by atoms with E-state index in [0.29, 0.717) is 5.75 Å². The van der Waals surface area contributed by atoms with Crippen molar-refractivity contribution in [2.75, 3.05) is 7.11 Å². The molecule has 1 N–H and O–H groups in total. The number of hydrogen-bond acceptors (Lipinski definition) is 3. The van der Waals surface area contributed by atoms with Crippen LogP contribution in [0, 0.1) is 3.57 Å². The van der Waals surface area contributed by atoms with Crippen LogP contribution in [0.15, 0.2) is 42.5 Å². The van der Waals surface area contributed by atoms with Crippen LogP contribution in [0.5, 0.6) is 11.5 Å². The van der Waals surface area contributed by atoms with Gasteiger partial charge >= 0.3 is 5.97 Å². The van der Waals surface area contributed by atoms with Gasteiger partial charge in [-0.15, -0.1) is 0 Å². The lowest BCUT2D eigenvalue weighted by atomic mass is 10.2. The molecule has 0 aromatic heterocycles. The molecule has 0 heterocycles. The summed E-state index contributed by atoms with van der Waals surface area (Å²) in [5.74, 6) is 0.108. The number of carboxylic acid groups (broad SMARTS) is 1.